The Morgan fingerprint density at radius 2 is 2.17 bits per heavy atom. The van der Waals surface area contributed by atoms with Crippen LogP contribution in [0.5, 0.6) is 0 Å². The normalized spacial score (nSPS) is 20.8. The lowest BCUT2D eigenvalue weighted by Crippen LogP contribution is -2.53. The van der Waals surface area contributed by atoms with Gasteiger partial charge in [-0.15, -0.1) is 24.0 Å². The largest absolute Gasteiger partial charge is 0.354 e. The Morgan fingerprint density at radius 3 is 2.83 bits per heavy atom. The first-order valence-electron chi connectivity index (χ1n) is 8.79. The minimum atomic E-state index is 0. The number of nitrogens with one attached hydrogen (secondary N) is 1. The topological polar surface area (TPSA) is 45.5 Å². The van der Waals surface area contributed by atoms with Crippen LogP contribution in [0, 0.1) is 6.92 Å². The minimum Gasteiger partial charge on any atom is -0.354 e. The van der Waals surface area contributed by atoms with E-state index >= 15 is 0 Å². The van der Waals surface area contributed by atoms with E-state index in [2.05, 4.69) is 45.2 Å². The molecule has 1 saturated carbocycles. The molecule has 0 radical (unpaired) electrons. The number of halogens is 1. The Bertz CT molecular complexity index is 533. The summed E-state index contributed by atoms with van der Waals surface area (Å²) in [7, 11) is 1.90. The summed E-state index contributed by atoms with van der Waals surface area (Å²) >= 11 is 2.20. The van der Waals surface area contributed by atoms with Gasteiger partial charge in [-0.3, -0.25) is 9.67 Å². The van der Waals surface area contributed by atoms with Crippen LogP contribution in [0.2, 0.25) is 0 Å². The van der Waals surface area contributed by atoms with Crippen LogP contribution in [0.25, 0.3) is 0 Å². The Labute approximate surface area is 167 Å². The maximum atomic E-state index is 4.52. The monoisotopic (exact) mass is 463 g/mol. The lowest BCUT2D eigenvalue weighted by molar-refractivity contribution is 0.293. The van der Waals surface area contributed by atoms with Gasteiger partial charge < -0.3 is 10.2 Å². The van der Waals surface area contributed by atoms with Crippen LogP contribution in [0.3, 0.4) is 0 Å². The lowest BCUT2D eigenvalue weighted by Gasteiger charge is -2.45. The maximum absolute atomic E-state index is 4.52. The van der Waals surface area contributed by atoms with Crippen LogP contribution in [0.4, 0.5) is 0 Å². The van der Waals surface area contributed by atoms with E-state index in [1.807, 2.05) is 17.9 Å². The van der Waals surface area contributed by atoms with E-state index < -0.39 is 0 Å². The van der Waals surface area contributed by atoms with Crippen molar-refractivity contribution in [2.75, 3.05) is 32.4 Å². The predicted octanol–water partition coefficient (Wildman–Crippen LogP) is 3.14. The van der Waals surface area contributed by atoms with Crippen molar-refractivity contribution in [1.82, 2.24) is 20.0 Å². The molecule has 0 atom stereocenters. The third kappa shape index (κ3) is 5.03. The molecule has 0 amide bonds. The highest BCUT2D eigenvalue weighted by molar-refractivity contribution is 14.0. The molecule has 2 heterocycles. The van der Waals surface area contributed by atoms with Gasteiger partial charge in [0.2, 0.25) is 0 Å². The van der Waals surface area contributed by atoms with Gasteiger partial charge in [0, 0.05) is 43.4 Å². The van der Waals surface area contributed by atoms with Gasteiger partial charge in [0.15, 0.2) is 5.96 Å². The second-order valence-electron chi connectivity index (χ2n) is 6.77. The van der Waals surface area contributed by atoms with Gasteiger partial charge in [-0.25, -0.2) is 0 Å². The average Bonchev–Trinajstić information content (AvgIpc) is 2.98. The first-order valence-corrected chi connectivity index (χ1v) is 9.78. The molecule has 0 bridgehead atoms. The Morgan fingerprint density at radius 1 is 1.38 bits per heavy atom. The second-order valence-corrected chi connectivity index (χ2v) is 8.33. The summed E-state index contributed by atoms with van der Waals surface area (Å²) in [6.45, 7) is 6.07. The number of nitrogens with zero attached hydrogens (tertiary/aromatic N) is 4. The zero-order valence-electron chi connectivity index (χ0n) is 14.8. The molecule has 1 aliphatic heterocycles. The number of hydrogen-bond donors (Lipinski definition) is 1. The zero-order chi connectivity index (χ0) is 16.1. The van der Waals surface area contributed by atoms with Crippen LogP contribution in [0.15, 0.2) is 17.4 Å². The molecule has 3 rings (SSSR count). The van der Waals surface area contributed by atoms with E-state index in [0.29, 0.717) is 4.75 Å². The SMILES string of the molecule is CN=C(NCCn1cc(C)cn1)N1CCSC2(CCCCC2)C1.I. The molecule has 1 N–H and O–H groups in total. The van der Waals surface area contributed by atoms with Crippen LogP contribution >= 0.6 is 35.7 Å². The second kappa shape index (κ2) is 9.31. The summed E-state index contributed by atoms with van der Waals surface area (Å²) in [4.78, 5) is 6.99. The van der Waals surface area contributed by atoms with Crippen LogP contribution in [-0.2, 0) is 6.54 Å². The Balaban J connectivity index is 0.00000208. The predicted molar refractivity (Wildman–Crippen MR) is 114 cm³/mol. The number of rotatable bonds is 3. The standard InChI is InChI=1S/C17H29N5S.HI/c1-15-12-20-22(13-15)9-8-19-16(18-2)21-10-11-23-17(14-21)6-4-3-5-7-17;/h12-13H,3-11,14H2,1-2H3,(H,18,19);1H. The molecule has 1 saturated heterocycles. The van der Waals surface area contributed by atoms with Gasteiger partial charge in [-0.1, -0.05) is 19.3 Å². The lowest BCUT2D eigenvalue weighted by atomic mass is 9.87. The van der Waals surface area contributed by atoms with Gasteiger partial charge >= 0.3 is 0 Å². The van der Waals surface area contributed by atoms with Crippen molar-refractivity contribution < 1.29 is 0 Å². The van der Waals surface area contributed by atoms with E-state index in [9.17, 15) is 0 Å². The highest BCUT2D eigenvalue weighted by atomic mass is 127. The molecule has 2 aliphatic rings. The average molecular weight is 463 g/mol. The summed E-state index contributed by atoms with van der Waals surface area (Å²) in [5.74, 6) is 2.28. The van der Waals surface area contributed by atoms with E-state index in [1.165, 1.54) is 43.4 Å². The van der Waals surface area contributed by atoms with Crippen molar-refractivity contribution >= 4 is 41.7 Å². The molecule has 2 fully saturated rings. The number of aliphatic imine (C=N–C) groups is 1. The highest BCUT2D eigenvalue weighted by Crippen LogP contribution is 2.42. The molecule has 1 spiro atoms. The molecule has 1 aliphatic carbocycles. The van der Waals surface area contributed by atoms with E-state index in [1.54, 1.807) is 0 Å². The first kappa shape index (κ1) is 19.9. The smallest absolute Gasteiger partial charge is 0.193 e. The maximum Gasteiger partial charge on any atom is 0.193 e. The van der Waals surface area contributed by atoms with E-state index in [0.717, 1.165) is 32.1 Å². The van der Waals surface area contributed by atoms with Crippen LogP contribution in [0.1, 0.15) is 37.7 Å². The van der Waals surface area contributed by atoms with E-state index in [-0.39, 0.29) is 24.0 Å². The van der Waals surface area contributed by atoms with Gasteiger partial charge in [0.1, 0.15) is 0 Å². The van der Waals surface area contributed by atoms with E-state index in [4.69, 9.17) is 0 Å². The molecular weight excluding hydrogens is 433 g/mol. The first-order chi connectivity index (χ1) is 11.2. The van der Waals surface area contributed by atoms with Crippen LogP contribution in [-0.4, -0.2) is 57.8 Å². The summed E-state index contributed by atoms with van der Waals surface area (Å²) in [5.41, 5.74) is 1.21. The number of hydrogen-bond acceptors (Lipinski definition) is 3. The Hall–Kier alpha value is -0.440. The summed E-state index contributed by atoms with van der Waals surface area (Å²) in [6.07, 6.45) is 10.9. The fraction of sp³-hybridized carbons (Fsp3) is 0.765. The van der Waals surface area contributed by atoms with Crippen molar-refractivity contribution in [2.45, 2.75) is 50.3 Å². The van der Waals surface area contributed by atoms with Gasteiger partial charge in [0.05, 0.1) is 12.7 Å². The van der Waals surface area contributed by atoms with Crippen molar-refractivity contribution in [3.63, 3.8) is 0 Å². The zero-order valence-corrected chi connectivity index (χ0v) is 18.0. The minimum absolute atomic E-state index is 0. The summed E-state index contributed by atoms with van der Waals surface area (Å²) < 4.78 is 2.47. The molecule has 1 aromatic rings. The quantitative estimate of drug-likeness (QED) is 0.425. The number of aryl methyl sites for hydroxylation is 1. The van der Waals surface area contributed by atoms with Gasteiger partial charge in [-0.05, 0) is 25.3 Å². The molecule has 7 heteroatoms. The number of thioether (sulfide) groups is 1. The summed E-state index contributed by atoms with van der Waals surface area (Å²) in [6, 6.07) is 0. The van der Waals surface area contributed by atoms with Crippen molar-refractivity contribution in [3.8, 4) is 0 Å². The molecule has 5 nitrogen and oxygen atoms in total. The number of aromatic nitrogens is 2. The molecular formula is C17H30IN5S. The fourth-order valence-corrected chi connectivity index (χ4v) is 5.30. The molecule has 0 unspecified atom stereocenters. The van der Waals surface area contributed by atoms with Crippen molar-refractivity contribution in [2.24, 2.45) is 4.99 Å². The number of guanidine groups is 1. The van der Waals surface area contributed by atoms with Gasteiger partial charge in [-0.2, -0.15) is 16.9 Å². The van der Waals surface area contributed by atoms with Gasteiger partial charge in [0.25, 0.3) is 0 Å². The fourth-order valence-electron chi connectivity index (χ4n) is 3.73. The van der Waals surface area contributed by atoms with Crippen molar-refractivity contribution in [1.29, 1.82) is 0 Å². The van der Waals surface area contributed by atoms with Crippen molar-refractivity contribution in [3.05, 3.63) is 18.0 Å². The highest BCUT2D eigenvalue weighted by Gasteiger charge is 2.38. The third-order valence-electron chi connectivity index (χ3n) is 4.91. The molecule has 1 aromatic heterocycles. The molecule has 136 valence electrons. The third-order valence-corrected chi connectivity index (χ3v) is 6.45. The summed E-state index contributed by atoms with van der Waals surface area (Å²) in [5, 5.41) is 7.86. The molecule has 24 heavy (non-hydrogen) atoms. The molecule has 0 aromatic carbocycles. The Kier molecular flexibility index (Phi) is 7.71. The van der Waals surface area contributed by atoms with Crippen LogP contribution < -0.4 is 5.32 Å².